The van der Waals surface area contributed by atoms with Gasteiger partial charge in [-0.15, -0.1) is 0 Å². The van der Waals surface area contributed by atoms with E-state index in [-0.39, 0.29) is 17.4 Å². The molecular formula is C27H36O5S. The van der Waals surface area contributed by atoms with Crippen LogP contribution < -0.4 is 0 Å². The molecule has 0 bridgehead atoms. The lowest BCUT2D eigenvalue weighted by molar-refractivity contribution is -0.185. The molecule has 0 amide bonds. The molecule has 6 atom stereocenters. The van der Waals surface area contributed by atoms with Crippen LogP contribution in [0.1, 0.15) is 53.4 Å². The molecule has 6 heteroatoms. The summed E-state index contributed by atoms with van der Waals surface area (Å²) in [4.78, 5) is 0.380. The van der Waals surface area contributed by atoms with Gasteiger partial charge in [-0.1, -0.05) is 48.9 Å². The number of rotatable bonds is 3. The second-order valence-electron chi connectivity index (χ2n) is 11.0. The predicted molar refractivity (Wildman–Crippen MR) is 127 cm³/mol. The normalized spacial score (nSPS) is 42.0. The van der Waals surface area contributed by atoms with Crippen LogP contribution >= 0.6 is 0 Å². The summed E-state index contributed by atoms with van der Waals surface area (Å²) in [7, 11) is -3.50. The zero-order chi connectivity index (χ0) is 23.5. The molecule has 0 radical (unpaired) electrons. The van der Waals surface area contributed by atoms with Crippen molar-refractivity contribution in [3.63, 3.8) is 0 Å². The Morgan fingerprint density at radius 3 is 2.39 bits per heavy atom. The number of benzene rings is 1. The van der Waals surface area contributed by atoms with Crippen LogP contribution in [0, 0.1) is 17.3 Å². The maximum Gasteiger partial charge on any atom is 0.184 e. The summed E-state index contributed by atoms with van der Waals surface area (Å²) in [6.45, 7) is 9.79. The van der Waals surface area contributed by atoms with E-state index in [0.29, 0.717) is 30.4 Å². The number of hydrogen-bond donors (Lipinski definition) is 0. The fourth-order valence-electron chi connectivity index (χ4n) is 6.34. The van der Waals surface area contributed by atoms with Crippen molar-refractivity contribution in [3.8, 4) is 0 Å². The van der Waals surface area contributed by atoms with Crippen LogP contribution in [0.25, 0.3) is 0 Å². The lowest BCUT2D eigenvalue weighted by Gasteiger charge is -2.40. The third-order valence-electron chi connectivity index (χ3n) is 8.49. The Morgan fingerprint density at radius 2 is 1.70 bits per heavy atom. The van der Waals surface area contributed by atoms with E-state index in [2.05, 4.69) is 39.8 Å². The molecule has 4 aliphatic rings. The molecule has 2 aliphatic heterocycles. The van der Waals surface area contributed by atoms with Crippen LogP contribution in [0.3, 0.4) is 0 Å². The minimum atomic E-state index is -3.50. The van der Waals surface area contributed by atoms with Gasteiger partial charge in [0.25, 0.3) is 0 Å². The van der Waals surface area contributed by atoms with E-state index in [9.17, 15) is 8.42 Å². The Balaban J connectivity index is 1.47. The topological polar surface area (TPSA) is 65.1 Å². The third kappa shape index (κ3) is 4.13. The molecule has 2 heterocycles. The van der Waals surface area contributed by atoms with Crippen LogP contribution in [0.2, 0.25) is 0 Å². The van der Waals surface area contributed by atoms with E-state index >= 15 is 0 Å². The van der Waals surface area contributed by atoms with E-state index in [1.807, 2.05) is 12.1 Å². The number of fused-ring (bicyclic) bond motifs is 2. The van der Waals surface area contributed by atoms with Gasteiger partial charge >= 0.3 is 0 Å². The van der Waals surface area contributed by atoms with Crippen molar-refractivity contribution in [2.75, 3.05) is 13.2 Å². The Kier molecular flexibility index (Phi) is 5.67. The van der Waals surface area contributed by atoms with Crippen LogP contribution in [0.5, 0.6) is 0 Å². The second-order valence-corrected chi connectivity index (χ2v) is 13.2. The second kappa shape index (κ2) is 8.04. The smallest absolute Gasteiger partial charge is 0.184 e. The van der Waals surface area contributed by atoms with Crippen molar-refractivity contribution < 1.29 is 22.6 Å². The number of hydrogen-bond acceptors (Lipinski definition) is 5. The number of allylic oxidation sites excluding steroid dienone is 2. The lowest BCUT2D eigenvalue weighted by atomic mass is 9.68. The molecule has 5 nitrogen and oxygen atoms in total. The molecule has 2 fully saturated rings. The van der Waals surface area contributed by atoms with Gasteiger partial charge in [-0.25, -0.2) is 8.42 Å². The molecule has 1 aromatic rings. The van der Waals surface area contributed by atoms with Gasteiger partial charge in [-0.05, 0) is 69.9 Å². The molecule has 1 aromatic carbocycles. The van der Waals surface area contributed by atoms with Gasteiger partial charge in [0.15, 0.2) is 15.6 Å². The average molecular weight is 473 g/mol. The number of epoxide rings is 1. The van der Waals surface area contributed by atoms with E-state index in [0.717, 1.165) is 24.8 Å². The zero-order valence-corrected chi connectivity index (χ0v) is 20.9. The standard InChI is InChI=1S/C27H36O5S/c1-19-10-11-22-23(27(4)30-14-15-31-27)12-13-25(22,2)18-24-26(3,32-24)17-21(16-19)33(28,29)20-8-6-5-7-9-20/h5-9,12-13,16,21-24H,10-11,14-15,17-18H2,1-4H3/b19-16+/t21?,22-,23+,24-,25+,26-/m1/s1. The summed E-state index contributed by atoms with van der Waals surface area (Å²) < 4.78 is 45.5. The molecule has 0 aromatic heterocycles. The highest BCUT2D eigenvalue weighted by Gasteiger charge is 2.59. The summed E-state index contributed by atoms with van der Waals surface area (Å²) >= 11 is 0. The Bertz CT molecular complexity index is 1060. The first-order chi connectivity index (χ1) is 15.6. The molecule has 5 rings (SSSR count). The lowest BCUT2D eigenvalue weighted by Crippen LogP contribution is -2.42. The van der Waals surface area contributed by atoms with E-state index in [1.54, 1.807) is 24.3 Å². The fraction of sp³-hybridized carbons (Fsp3) is 0.630. The summed E-state index contributed by atoms with van der Waals surface area (Å²) in [5.74, 6) is -0.0732. The first kappa shape index (κ1) is 23.3. The predicted octanol–water partition coefficient (Wildman–Crippen LogP) is 5.08. The molecule has 2 aliphatic carbocycles. The maximum absolute atomic E-state index is 13.6. The number of sulfone groups is 1. The fourth-order valence-corrected chi connectivity index (χ4v) is 8.19. The summed E-state index contributed by atoms with van der Waals surface area (Å²) in [5.41, 5.74) is 0.648. The third-order valence-corrected chi connectivity index (χ3v) is 10.5. The van der Waals surface area contributed by atoms with Crippen LogP contribution in [-0.2, 0) is 24.0 Å². The van der Waals surface area contributed by atoms with Gasteiger partial charge in [0.1, 0.15) is 0 Å². The highest BCUT2D eigenvalue weighted by Crippen LogP contribution is 2.57. The summed E-state index contributed by atoms with van der Waals surface area (Å²) in [6, 6.07) is 8.81. The van der Waals surface area contributed by atoms with E-state index in [1.165, 1.54) is 0 Å². The highest BCUT2D eigenvalue weighted by atomic mass is 32.2. The van der Waals surface area contributed by atoms with Gasteiger partial charge in [0, 0.05) is 5.92 Å². The highest BCUT2D eigenvalue weighted by molar-refractivity contribution is 7.92. The van der Waals surface area contributed by atoms with Crippen molar-refractivity contribution >= 4 is 9.84 Å². The summed E-state index contributed by atoms with van der Waals surface area (Å²) in [6.07, 6.45) is 9.85. The molecule has 1 unspecified atom stereocenters. The Morgan fingerprint density at radius 1 is 1.00 bits per heavy atom. The Labute approximate surface area is 198 Å². The zero-order valence-electron chi connectivity index (χ0n) is 20.1. The monoisotopic (exact) mass is 472 g/mol. The van der Waals surface area contributed by atoms with E-state index < -0.39 is 26.5 Å². The molecule has 2 saturated heterocycles. The van der Waals surface area contributed by atoms with E-state index in [4.69, 9.17) is 14.2 Å². The SMILES string of the molecule is C/C1=C\C(S(=O)(=O)c2ccccc2)C[C@@]2(C)O[C@@H]2C[C@]2(C)C=C[C@H](C3(C)OCCO3)[C@H]2CC1. The van der Waals surface area contributed by atoms with Crippen LogP contribution in [-0.4, -0.2) is 44.4 Å². The first-order valence-corrected chi connectivity index (χ1v) is 13.7. The van der Waals surface area contributed by atoms with Gasteiger partial charge in [-0.2, -0.15) is 0 Å². The first-order valence-electron chi connectivity index (χ1n) is 12.2. The molecule has 0 spiro atoms. The van der Waals surface area contributed by atoms with Gasteiger partial charge < -0.3 is 14.2 Å². The Hall–Kier alpha value is -1.47. The number of ether oxygens (including phenoxy) is 3. The molecule has 180 valence electrons. The molecular weight excluding hydrogens is 436 g/mol. The van der Waals surface area contributed by atoms with Crippen molar-refractivity contribution in [3.05, 3.63) is 54.1 Å². The largest absolute Gasteiger partial charge is 0.366 e. The minimum Gasteiger partial charge on any atom is -0.366 e. The van der Waals surface area contributed by atoms with Crippen molar-refractivity contribution in [2.24, 2.45) is 17.3 Å². The molecule has 0 N–H and O–H groups in total. The molecule has 0 saturated carbocycles. The van der Waals surface area contributed by atoms with Crippen molar-refractivity contribution in [2.45, 2.75) is 81.0 Å². The van der Waals surface area contributed by atoms with Crippen molar-refractivity contribution in [1.82, 2.24) is 0 Å². The van der Waals surface area contributed by atoms with Crippen molar-refractivity contribution in [1.29, 1.82) is 0 Å². The summed E-state index contributed by atoms with van der Waals surface area (Å²) in [5, 5.41) is -0.592. The average Bonchev–Trinajstić information content (AvgIpc) is 3.07. The van der Waals surface area contributed by atoms with Crippen LogP contribution in [0.15, 0.2) is 59.0 Å². The van der Waals surface area contributed by atoms with Crippen LogP contribution in [0.4, 0.5) is 0 Å². The quantitative estimate of drug-likeness (QED) is 0.453. The van der Waals surface area contributed by atoms with Gasteiger partial charge in [0.05, 0.1) is 35.1 Å². The van der Waals surface area contributed by atoms with Gasteiger partial charge in [-0.3, -0.25) is 0 Å². The van der Waals surface area contributed by atoms with Gasteiger partial charge in [0.2, 0.25) is 0 Å². The maximum atomic E-state index is 13.6. The minimum absolute atomic E-state index is 0.0379. The molecule has 33 heavy (non-hydrogen) atoms.